The van der Waals surface area contributed by atoms with Crippen molar-refractivity contribution in [2.24, 2.45) is 5.92 Å². The second-order valence-corrected chi connectivity index (χ2v) is 6.97. The molecule has 18 heavy (non-hydrogen) atoms. The van der Waals surface area contributed by atoms with Gasteiger partial charge in [-0.05, 0) is 47.5 Å². The minimum Gasteiger partial charge on any atom is -0.236 e. The lowest BCUT2D eigenvalue weighted by Crippen LogP contribution is -2.15. The van der Waals surface area contributed by atoms with E-state index in [0.29, 0.717) is 17.0 Å². The van der Waals surface area contributed by atoms with Crippen molar-refractivity contribution in [3.05, 3.63) is 21.1 Å². The molecule has 2 aliphatic carbocycles. The van der Waals surface area contributed by atoms with Crippen LogP contribution in [0.15, 0.2) is 4.47 Å². The van der Waals surface area contributed by atoms with Gasteiger partial charge >= 0.3 is 0 Å². The average Bonchev–Trinajstić information content (AvgIpc) is 3.16. The Morgan fingerprint density at radius 1 is 1.11 bits per heavy atom. The molecule has 0 aromatic carbocycles. The van der Waals surface area contributed by atoms with Gasteiger partial charge in [0.2, 0.25) is 0 Å². The molecule has 1 heterocycles. The summed E-state index contributed by atoms with van der Waals surface area (Å²) < 4.78 is 0.916. The van der Waals surface area contributed by atoms with Gasteiger partial charge in [-0.2, -0.15) is 0 Å². The normalized spacial score (nSPS) is 28.4. The number of hydrogen-bond acceptors (Lipinski definition) is 2. The van der Waals surface area contributed by atoms with Crippen LogP contribution in [0.1, 0.15) is 68.8 Å². The predicted molar refractivity (Wildman–Crippen MR) is 77.1 cm³/mol. The summed E-state index contributed by atoms with van der Waals surface area (Å²) in [4.78, 5) is 9.32. The molecule has 2 saturated carbocycles. The summed E-state index contributed by atoms with van der Waals surface area (Å²) in [5.74, 6) is 2.90. The van der Waals surface area contributed by atoms with Crippen molar-refractivity contribution in [3.63, 3.8) is 0 Å². The molecule has 2 nitrogen and oxygen atoms in total. The zero-order valence-corrected chi connectivity index (χ0v) is 13.0. The zero-order valence-electron chi connectivity index (χ0n) is 10.6. The van der Waals surface area contributed by atoms with Crippen LogP contribution < -0.4 is 0 Å². The first-order valence-corrected chi connectivity index (χ1v) is 8.05. The van der Waals surface area contributed by atoms with Gasteiger partial charge in [0.15, 0.2) is 0 Å². The zero-order chi connectivity index (χ0) is 12.7. The van der Waals surface area contributed by atoms with Gasteiger partial charge in [-0.1, -0.05) is 31.4 Å². The highest BCUT2D eigenvalue weighted by Crippen LogP contribution is 2.45. The van der Waals surface area contributed by atoms with Crippen molar-refractivity contribution in [1.82, 2.24) is 9.97 Å². The van der Waals surface area contributed by atoms with Crippen LogP contribution in [0, 0.1) is 5.92 Å². The standard InChI is InChI=1S/C14H18BrClN2/c1-8-3-2-4-10(7-8)14-17-12(9-5-6-9)11(15)13(16)18-14/h8-10H,2-7H2,1H3. The molecule has 98 valence electrons. The van der Waals surface area contributed by atoms with E-state index in [1.165, 1.54) is 38.5 Å². The van der Waals surface area contributed by atoms with Crippen molar-refractivity contribution in [2.75, 3.05) is 0 Å². The maximum Gasteiger partial charge on any atom is 0.147 e. The minimum absolute atomic E-state index is 0.511. The smallest absolute Gasteiger partial charge is 0.147 e. The highest BCUT2D eigenvalue weighted by molar-refractivity contribution is 9.10. The third-order valence-corrected chi connectivity index (χ3v) is 5.40. The van der Waals surface area contributed by atoms with Gasteiger partial charge < -0.3 is 0 Å². The second-order valence-electron chi connectivity index (χ2n) is 5.81. The summed E-state index contributed by atoms with van der Waals surface area (Å²) in [5.41, 5.74) is 1.14. The molecule has 0 aliphatic heterocycles. The Morgan fingerprint density at radius 2 is 1.89 bits per heavy atom. The van der Waals surface area contributed by atoms with Crippen LogP contribution in [-0.2, 0) is 0 Å². The predicted octanol–water partition coefficient (Wildman–Crippen LogP) is 5.06. The van der Waals surface area contributed by atoms with E-state index in [1.54, 1.807) is 0 Å². The quantitative estimate of drug-likeness (QED) is 0.708. The first-order chi connectivity index (χ1) is 8.65. The van der Waals surface area contributed by atoms with E-state index < -0.39 is 0 Å². The van der Waals surface area contributed by atoms with Gasteiger partial charge in [0.25, 0.3) is 0 Å². The fourth-order valence-corrected chi connectivity index (χ4v) is 3.62. The number of hydrogen-bond donors (Lipinski definition) is 0. The maximum atomic E-state index is 6.25. The molecule has 2 unspecified atom stereocenters. The van der Waals surface area contributed by atoms with E-state index in [4.69, 9.17) is 16.6 Å². The van der Waals surface area contributed by atoms with Gasteiger partial charge in [0.1, 0.15) is 11.0 Å². The Bertz CT molecular complexity index is 459. The van der Waals surface area contributed by atoms with Gasteiger partial charge in [-0.15, -0.1) is 0 Å². The molecule has 1 aromatic heterocycles. The van der Waals surface area contributed by atoms with Crippen molar-refractivity contribution in [3.8, 4) is 0 Å². The number of rotatable bonds is 2. The lowest BCUT2D eigenvalue weighted by atomic mass is 9.82. The molecule has 2 fully saturated rings. The summed E-state index contributed by atoms with van der Waals surface area (Å²) in [6.45, 7) is 2.33. The Balaban J connectivity index is 1.91. The van der Waals surface area contributed by atoms with Gasteiger partial charge in [-0.25, -0.2) is 9.97 Å². The second kappa shape index (κ2) is 5.09. The average molecular weight is 330 g/mol. The SMILES string of the molecule is CC1CCCC(c2nc(Cl)c(Br)c(C3CC3)n2)C1. The summed E-state index contributed by atoms with van der Waals surface area (Å²) in [6, 6.07) is 0. The molecule has 4 heteroatoms. The molecule has 2 atom stereocenters. The molecular weight excluding hydrogens is 312 g/mol. The lowest BCUT2D eigenvalue weighted by molar-refractivity contribution is 0.334. The van der Waals surface area contributed by atoms with Crippen LogP contribution in [0.4, 0.5) is 0 Å². The van der Waals surface area contributed by atoms with E-state index in [1.807, 2.05) is 0 Å². The lowest BCUT2D eigenvalue weighted by Gasteiger charge is -2.26. The fraction of sp³-hybridized carbons (Fsp3) is 0.714. The molecule has 0 spiro atoms. The van der Waals surface area contributed by atoms with Crippen molar-refractivity contribution in [2.45, 2.75) is 57.3 Å². The molecule has 0 amide bonds. The highest BCUT2D eigenvalue weighted by atomic mass is 79.9. The Morgan fingerprint density at radius 3 is 2.56 bits per heavy atom. The largest absolute Gasteiger partial charge is 0.236 e. The summed E-state index contributed by atoms with van der Waals surface area (Å²) in [6.07, 6.45) is 7.55. The van der Waals surface area contributed by atoms with E-state index in [0.717, 1.165) is 21.9 Å². The van der Waals surface area contributed by atoms with Crippen LogP contribution in [0.3, 0.4) is 0 Å². The summed E-state index contributed by atoms with van der Waals surface area (Å²) in [5, 5.41) is 0.597. The van der Waals surface area contributed by atoms with Gasteiger partial charge in [0.05, 0.1) is 10.2 Å². The minimum atomic E-state index is 0.511. The molecule has 0 radical (unpaired) electrons. The first kappa shape index (κ1) is 12.9. The van der Waals surface area contributed by atoms with Gasteiger partial charge in [-0.3, -0.25) is 0 Å². The van der Waals surface area contributed by atoms with Gasteiger partial charge in [0, 0.05) is 11.8 Å². The third kappa shape index (κ3) is 2.57. The van der Waals surface area contributed by atoms with Crippen LogP contribution in [0.5, 0.6) is 0 Å². The van der Waals surface area contributed by atoms with Crippen molar-refractivity contribution in [1.29, 1.82) is 0 Å². The molecule has 0 bridgehead atoms. The summed E-state index contributed by atoms with van der Waals surface area (Å²) in [7, 11) is 0. The number of nitrogens with zero attached hydrogens (tertiary/aromatic N) is 2. The van der Waals surface area contributed by atoms with Crippen molar-refractivity contribution < 1.29 is 0 Å². The molecule has 3 rings (SSSR count). The molecule has 0 saturated heterocycles. The van der Waals surface area contributed by atoms with Crippen LogP contribution in [-0.4, -0.2) is 9.97 Å². The van der Waals surface area contributed by atoms with Crippen LogP contribution in [0.25, 0.3) is 0 Å². The molecule has 1 aromatic rings. The molecular formula is C14H18BrClN2. The first-order valence-electron chi connectivity index (χ1n) is 6.88. The summed E-state index contributed by atoms with van der Waals surface area (Å²) >= 11 is 9.78. The third-order valence-electron chi connectivity index (χ3n) is 4.12. The monoisotopic (exact) mass is 328 g/mol. The van der Waals surface area contributed by atoms with Crippen molar-refractivity contribution >= 4 is 27.5 Å². The van der Waals surface area contributed by atoms with E-state index in [9.17, 15) is 0 Å². The Labute approximate surface area is 122 Å². The van der Waals surface area contributed by atoms with E-state index >= 15 is 0 Å². The molecule has 2 aliphatic rings. The van der Waals surface area contributed by atoms with E-state index in [2.05, 4.69) is 27.8 Å². The topological polar surface area (TPSA) is 25.8 Å². The van der Waals surface area contributed by atoms with Crippen LogP contribution >= 0.6 is 27.5 Å². The number of aromatic nitrogens is 2. The van der Waals surface area contributed by atoms with Crippen LogP contribution in [0.2, 0.25) is 5.15 Å². The Hall–Kier alpha value is -0.150. The fourth-order valence-electron chi connectivity index (χ4n) is 2.93. The maximum absolute atomic E-state index is 6.25. The number of halogens is 2. The molecule has 0 N–H and O–H groups in total. The van der Waals surface area contributed by atoms with E-state index in [-0.39, 0.29) is 0 Å². The highest BCUT2D eigenvalue weighted by Gasteiger charge is 2.31. The Kier molecular flexibility index (Phi) is 3.63.